The first-order valence-corrected chi connectivity index (χ1v) is 9.22. The fourth-order valence-electron chi connectivity index (χ4n) is 2.06. The summed E-state index contributed by atoms with van der Waals surface area (Å²) in [6, 6.07) is 10.7. The van der Waals surface area contributed by atoms with Crippen LogP contribution in [0.1, 0.15) is 26.3 Å². The Morgan fingerprint density at radius 3 is 2.38 bits per heavy atom. The Kier molecular flexibility index (Phi) is 6.34. The van der Waals surface area contributed by atoms with Crippen LogP contribution in [0.3, 0.4) is 0 Å². The van der Waals surface area contributed by atoms with Crippen molar-refractivity contribution in [3.05, 3.63) is 55.9 Å². The molecule has 0 atom stereocenters. The summed E-state index contributed by atoms with van der Waals surface area (Å²) in [6.07, 6.45) is 0. The van der Waals surface area contributed by atoms with E-state index in [9.17, 15) is 4.79 Å². The molecule has 0 aliphatic carbocycles. The van der Waals surface area contributed by atoms with E-state index in [0.717, 1.165) is 10.0 Å². The minimum Gasteiger partial charge on any atom is -0.481 e. The molecule has 0 spiro atoms. The molecule has 0 saturated carbocycles. The zero-order valence-electron chi connectivity index (χ0n) is 13.5. The molecule has 0 saturated heterocycles. The molecule has 0 aliphatic rings. The van der Waals surface area contributed by atoms with Crippen LogP contribution in [0.5, 0.6) is 11.5 Å². The lowest BCUT2D eigenvalue weighted by Gasteiger charge is -2.22. The second kappa shape index (κ2) is 7.89. The number of ether oxygens (including phenoxy) is 2. The van der Waals surface area contributed by atoms with Crippen LogP contribution in [0.25, 0.3) is 0 Å². The fraction of sp³-hybridized carbons (Fsp3) is 0.278. The van der Waals surface area contributed by atoms with Gasteiger partial charge in [-0.15, -0.1) is 0 Å². The highest BCUT2D eigenvalue weighted by Gasteiger charge is 2.21. The SMILES string of the molecule is CC(C)(C)c1cc(Br)ccc1OC(=O)COc1ccc(Cl)cc1Br. The molecule has 0 fully saturated rings. The summed E-state index contributed by atoms with van der Waals surface area (Å²) in [5.41, 5.74) is 0.789. The van der Waals surface area contributed by atoms with Gasteiger partial charge in [0, 0.05) is 15.1 Å². The molecule has 0 bridgehead atoms. The van der Waals surface area contributed by atoms with Gasteiger partial charge < -0.3 is 9.47 Å². The molecule has 0 N–H and O–H groups in total. The molecule has 3 nitrogen and oxygen atoms in total. The van der Waals surface area contributed by atoms with Crippen LogP contribution < -0.4 is 9.47 Å². The Hall–Kier alpha value is -1.04. The van der Waals surface area contributed by atoms with Crippen molar-refractivity contribution in [1.29, 1.82) is 0 Å². The number of benzene rings is 2. The minimum atomic E-state index is -0.468. The van der Waals surface area contributed by atoms with Crippen molar-refractivity contribution in [3.63, 3.8) is 0 Å². The van der Waals surface area contributed by atoms with E-state index in [1.54, 1.807) is 24.3 Å². The van der Waals surface area contributed by atoms with Gasteiger partial charge in [-0.25, -0.2) is 4.79 Å². The Morgan fingerprint density at radius 1 is 1.08 bits per heavy atom. The van der Waals surface area contributed by atoms with Crippen LogP contribution in [0, 0.1) is 0 Å². The summed E-state index contributed by atoms with van der Waals surface area (Å²) in [7, 11) is 0. The number of halogens is 3. The summed E-state index contributed by atoms with van der Waals surface area (Å²) < 4.78 is 12.6. The molecule has 24 heavy (non-hydrogen) atoms. The highest BCUT2D eigenvalue weighted by atomic mass is 79.9. The molecule has 2 rings (SSSR count). The lowest BCUT2D eigenvalue weighted by molar-refractivity contribution is -0.136. The first-order valence-electron chi connectivity index (χ1n) is 7.25. The van der Waals surface area contributed by atoms with Crippen LogP contribution in [-0.4, -0.2) is 12.6 Å². The topological polar surface area (TPSA) is 35.5 Å². The van der Waals surface area contributed by atoms with Gasteiger partial charge in [0.25, 0.3) is 0 Å². The predicted molar refractivity (Wildman–Crippen MR) is 103 cm³/mol. The minimum absolute atomic E-state index is 0.153. The Labute approximate surface area is 163 Å². The van der Waals surface area contributed by atoms with Gasteiger partial charge in [-0.2, -0.15) is 0 Å². The maximum atomic E-state index is 12.1. The zero-order valence-corrected chi connectivity index (χ0v) is 17.5. The van der Waals surface area contributed by atoms with Gasteiger partial charge in [-0.3, -0.25) is 0 Å². The van der Waals surface area contributed by atoms with Gasteiger partial charge in [-0.1, -0.05) is 48.3 Å². The van der Waals surface area contributed by atoms with Crippen LogP contribution in [-0.2, 0) is 10.2 Å². The van der Waals surface area contributed by atoms with Crippen LogP contribution in [0.15, 0.2) is 45.3 Å². The van der Waals surface area contributed by atoms with Crippen molar-refractivity contribution in [1.82, 2.24) is 0 Å². The monoisotopic (exact) mass is 474 g/mol. The van der Waals surface area contributed by atoms with Gasteiger partial charge >= 0.3 is 5.97 Å². The molecule has 2 aromatic rings. The van der Waals surface area contributed by atoms with Crippen molar-refractivity contribution in [2.24, 2.45) is 0 Å². The lowest BCUT2D eigenvalue weighted by atomic mass is 9.86. The Balaban J connectivity index is 2.08. The number of carbonyl (C=O) groups excluding carboxylic acids is 1. The summed E-state index contributed by atoms with van der Waals surface area (Å²) >= 11 is 12.7. The second-order valence-electron chi connectivity index (χ2n) is 6.23. The van der Waals surface area contributed by atoms with Crippen LogP contribution in [0.2, 0.25) is 5.02 Å². The third kappa shape index (κ3) is 5.23. The van der Waals surface area contributed by atoms with E-state index < -0.39 is 5.97 Å². The highest BCUT2D eigenvalue weighted by Crippen LogP contribution is 2.34. The molecule has 0 amide bonds. The predicted octanol–water partition coefficient (Wildman–Crippen LogP) is 6.15. The maximum absolute atomic E-state index is 12.1. The largest absolute Gasteiger partial charge is 0.481 e. The smallest absolute Gasteiger partial charge is 0.349 e. The number of esters is 1. The molecule has 6 heteroatoms. The quantitative estimate of drug-likeness (QED) is 0.392. The number of hydrogen-bond acceptors (Lipinski definition) is 3. The van der Waals surface area contributed by atoms with Gasteiger partial charge in [0.1, 0.15) is 11.5 Å². The summed E-state index contributed by atoms with van der Waals surface area (Å²) in [5, 5.41) is 0.585. The maximum Gasteiger partial charge on any atom is 0.349 e. The molecule has 0 aliphatic heterocycles. The van der Waals surface area contributed by atoms with Crippen molar-refractivity contribution in [2.75, 3.05) is 6.61 Å². The number of hydrogen-bond donors (Lipinski definition) is 0. The molecule has 0 radical (unpaired) electrons. The summed E-state index contributed by atoms with van der Waals surface area (Å²) in [5.74, 6) is 0.599. The molecule has 2 aromatic carbocycles. The van der Waals surface area contributed by atoms with Gasteiger partial charge in [0.2, 0.25) is 0 Å². The molecule has 128 valence electrons. The van der Waals surface area contributed by atoms with Crippen molar-refractivity contribution >= 4 is 49.4 Å². The van der Waals surface area contributed by atoms with E-state index in [1.807, 2.05) is 12.1 Å². The van der Waals surface area contributed by atoms with Crippen LogP contribution in [0.4, 0.5) is 0 Å². The highest BCUT2D eigenvalue weighted by molar-refractivity contribution is 9.10. The van der Waals surface area contributed by atoms with E-state index in [-0.39, 0.29) is 12.0 Å². The molecular formula is C18H17Br2ClO3. The summed E-state index contributed by atoms with van der Waals surface area (Å²) in [6.45, 7) is 5.99. The van der Waals surface area contributed by atoms with Crippen molar-refractivity contribution in [2.45, 2.75) is 26.2 Å². The average Bonchev–Trinajstić information content (AvgIpc) is 2.47. The fourth-order valence-corrected chi connectivity index (χ4v) is 3.22. The number of carbonyl (C=O) groups is 1. The second-order valence-corrected chi connectivity index (χ2v) is 8.43. The average molecular weight is 477 g/mol. The van der Waals surface area contributed by atoms with Gasteiger partial charge in [0.05, 0.1) is 4.47 Å². The molecular weight excluding hydrogens is 459 g/mol. The first kappa shape index (κ1) is 19.3. The van der Waals surface area contributed by atoms with E-state index in [2.05, 4.69) is 52.6 Å². The number of rotatable bonds is 4. The standard InChI is InChI=1S/C18H17Br2ClO3/c1-18(2,3)13-8-11(19)4-6-15(13)24-17(22)10-23-16-7-5-12(21)9-14(16)20/h4-9H,10H2,1-3H3. The van der Waals surface area contributed by atoms with E-state index in [4.69, 9.17) is 21.1 Å². The molecule has 0 aromatic heterocycles. The van der Waals surface area contributed by atoms with Crippen LogP contribution >= 0.6 is 43.5 Å². The van der Waals surface area contributed by atoms with Gasteiger partial charge in [0.15, 0.2) is 6.61 Å². The van der Waals surface area contributed by atoms with Crippen molar-refractivity contribution < 1.29 is 14.3 Å². The lowest BCUT2D eigenvalue weighted by Crippen LogP contribution is -2.21. The summed E-state index contributed by atoms with van der Waals surface area (Å²) in [4.78, 5) is 12.1. The van der Waals surface area contributed by atoms with E-state index >= 15 is 0 Å². The van der Waals surface area contributed by atoms with E-state index in [1.165, 1.54) is 0 Å². The first-order chi connectivity index (χ1) is 11.2. The van der Waals surface area contributed by atoms with Crippen molar-refractivity contribution in [3.8, 4) is 11.5 Å². The Bertz CT molecular complexity index is 754. The molecule has 0 unspecified atom stereocenters. The normalized spacial score (nSPS) is 11.2. The molecule has 0 heterocycles. The Morgan fingerprint density at radius 2 is 1.75 bits per heavy atom. The third-order valence-corrected chi connectivity index (χ3v) is 4.56. The van der Waals surface area contributed by atoms with E-state index in [0.29, 0.717) is 21.0 Å². The zero-order chi connectivity index (χ0) is 17.9. The van der Waals surface area contributed by atoms with Gasteiger partial charge in [-0.05, 0) is 57.7 Å². The third-order valence-electron chi connectivity index (χ3n) is 3.21.